The average Bonchev–Trinajstić information content (AvgIpc) is 2.57. The topological polar surface area (TPSA) is 59.8 Å². The van der Waals surface area contributed by atoms with Gasteiger partial charge >= 0.3 is 0 Å². The van der Waals surface area contributed by atoms with Crippen molar-refractivity contribution in [2.24, 2.45) is 0 Å². The largest absolute Gasteiger partial charge is 0.348 e. The van der Waals surface area contributed by atoms with Crippen LogP contribution in [0.1, 0.15) is 18.1 Å². The minimum absolute atomic E-state index is 0.125. The summed E-state index contributed by atoms with van der Waals surface area (Å²) in [5, 5.41) is 7.14. The fourth-order valence-electron chi connectivity index (χ4n) is 1.81. The molecule has 1 amide bonds. The second kappa shape index (κ2) is 3.84. The highest BCUT2D eigenvalue weighted by Crippen LogP contribution is 2.12. The summed E-state index contributed by atoms with van der Waals surface area (Å²) in [7, 11) is 0. The summed E-state index contributed by atoms with van der Waals surface area (Å²) < 4.78 is 1.87. The zero-order valence-electron chi connectivity index (χ0n) is 8.73. The molecule has 15 heavy (non-hydrogen) atoms. The highest BCUT2D eigenvalue weighted by Gasteiger charge is 2.21. The molecule has 0 radical (unpaired) electrons. The van der Waals surface area contributed by atoms with Crippen molar-refractivity contribution in [2.45, 2.75) is 32.4 Å². The first kappa shape index (κ1) is 9.89. The molecular formula is C10H14N4O. The van der Waals surface area contributed by atoms with Gasteiger partial charge < -0.3 is 5.32 Å². The molecule has 0 saturated carbocycles. The van der Waals surface area contributed by atoms with Gasteiger partial charge in [-0.05, 0) is 19.4 Å². The van der Waals surface area contributed by atoms with E-state index in [0.717, 1.165) is 24.5 Å². The molecule has 0 aromatic carbocycles. The number of hydrogen-bond donors (Lipinski definition) is 1. The van der Waals surface area contributed by atoms with E-state index in [1.165, 1.54) is 6.08 Å². The highest BCUT2D eigenvalue weighted by atomic mass is 16.1. The number of aromatic nitrogens is 3. The monoisotopic (exact) mass is 206 g/mol. The summed E-state index contributed by atoms with van der Waals surface area (Å²) >= 11 is 0. The number of aryl methyl sites for hydroxylation is 2. The van der Waals surface area contributed by atoms with Crippen LogP contribution in [0.15, 0.2) is 12.7 Å². The van der Waals surface area contributed by atoms with Gasteiger partial charge in [-0.15, -0.1) is 0 Å². The molecule has 0 bridgehead atoms. The summed E-state index contributed by atoms with van der Waals surface area (Å²) in [6, 6.07) is 0.143. The molecule has 1 atom stereocenters. The lowest BCUT2D eigenvalue weighted by Gasteiger charge is -2.22. The van der Waals surface area contributed by atoms with Crippen LogP contribution in [0, 0.1) is 6.92 Å². The molecule has 0 aliphatic carbocycles. The van der Waals surface area contributed by atoms with E-state index in [1.54, 1.807) is 0 Å². The Balaban J connectivity index is 2.05. The first-order valence-electron chi connectivity index (χ1n) is 5.02. The lowest BCUT2D eigenvalue weighted by atomic mass is 10.1. The van der Waals surface area contributed by atoms with E-state index in [4.69, 9.17) is 0 Å². The van der Waals surface area contributed by atoms with E-state index >= 15 is 0 Å². The number of amides is 1. The standard InChI is InChI=1S/C10H14N4O/c1-3-10(15)12-8-4-5-9-11-7(2)13-14(9)6-8/h3,8H,1,4-6H2,2H3,(H,12,15). The van der Waals surface area contributed by atoms with Crippen molar-refractivity contribution in [3.8, 4) is 0 Å². The average molecular weight is 206 g/mol. The first-order valence-corrected chi connectivity index (χ1v) is 5.02. The summed E-state index contributed by atoms with van der Waals surface area (Å²) in [4.78, 5) is 15.4. The summed E-state index contributed by atoms with van der Waals surface area (Å²) in [6.45, 7) is 6.01. The van der Waals surface area contributed by atoms with Crippen LogP contribution < -0.4 is 5.32 Å². The molecule has 1 unspecified atom stereocenters. The summed E-state index contributed by atoms with van der Waals surface area (Å²) in [5.41, 5.74) is 0. The number of rotatable bonds is 2. The number of carbonyl (C=O) groups is 1. The van der Waals surface area contributed by atoms with Crippen LogP contribution in [0.3, 0.4) is 0 Å². The van der Waals surface area contributed by atoms with Crippen molar-refractivity contribution in [2.75, 3.05) is 0 Å². The van der Waals surface area contributed by atoms with Crippen LogP contribution in [0.25, 0.3) is 0 Å². The molecule has 1 aromatic rings. The van der Waals surface area contributed by atoms with Gasteiger partial charge in [0.15, 0.2) is 0 Å². The van der Waals surface area contributed by atoms with Crippen molar-refractivity contribution in [1.82, 2.24) is 20.1 Å². The van der Waals surface area contributed by atoms with Crippen LogP contribution in [0.5, 0.6) is 0 Å². The van der Waals surface area contributed by atoms with Gasteiger partial charge in [-0.3, -0.25) is 4.79 Å². The van der Waals surface area contributed by atoms with Crippen LogP contribution in [0.2, 0.25) is 0 Å². The van der Waals surface area contributed by atoms with Gasteiger partial charge in [0.25, 0.3) is 0 Å². The maximum absolute atomic E-state index is 11.1. The molecule has 2 rings (SSSR count). The van der Waals surface area contributed by atoms with Crippen LogP contribution in [-0.4, -0.2) is 26.7 Å². The van der Waals surface area contributed by atoms with E-state index in [-0.39, 0.29) is 11.9 Å². The molecule has 0 fully saturated rings. The Morgan fingerprint density at radius 1 is 1.73 bits per heavy atom. The molecule has 5 heteroatoms. The molecule has 2 heterocycles. The Morgan fingerprint density at radius 3 is 3.27 bits per heavy atom. The summed E-state index contributed by atoms with van der Waals surface area (Å²) in [5.74, 6) is 1.68. The second-order valence-corrected chi connectivity index (χ2v) is 3.71. The number of hydrogen-bond acceptors (Lipinski definition) is 3. The van der Waals surface area contributed by atoms with E-state index in [2.05, 4.69) is 22.0 Å². The molecular weight excluding hydrogens is 192 g/mol. The smallest absolute Gasteiger partial charge is 0.243 e. The Labute approximate surface area is 88.2 Å². The molecule has 1 aromatic heterocycles. The molecule has 5 nitrogen and oxygen atoms in total. The zero-order chi connectivity index (χ0) is 10.8. The summed E-state index contributed by atoms with van der Waals surface area (Å²) in [6.07, 6.45) is 3.07. The van der Waals surface area contributed by atoms with E-state index in [0.29, 0.717) is 6.54 Å². The van der Waals surface area contributed by atoms with Gasteiger partial charge in [-0.1, -0.05) is 6.58 Å². The van der Waals surface area contributed by atoms with Gasteiger partial charge in [0.05, 0.1) is 6.54 Å². The fraction of sp³-hybridized carbons (Fsp3) is 0.500. The van der Waals surface area contributed by atoms with Crippen LogP contribution >= 0.6 is 0 Å². The van der Waals surface area contributed by atoms with Gasteiger partial charge in [0.1, 0.15) is 11.6 Å². The highest BCUT2D eigenvalue weighted by molar-refractivity contribution is 5.87. The van der Waals surface area contributed by atoms with Crippen molar-refractivity contribution in [3.05, 3.63) is 24.3 Å². The van der Waals surface area contributed by atoms with Crippen LogP contribution in [0.4, 0.5) is 0 Å². The Bertz CT molecular complexity index is 396. The minimum Gasteiger partial charge on any atom is -0.348 e. The van der Waals surface area contributed by atoms with Crippen molar-refractivity contribution >= 4 is 5.91 Å². The van der Waals surface area contributed by atoms with Crippen molar-refractivity contribution in [1.29, 1.82) is 0 Å². The number of nitrogens with one attached hydrogen (secondary N) is 1. The molecule has 1 N–H and O–H groups in total. The predicted molar refractivity (Wildman–Crippen MR) is 55.2 cm³/mol. The third-order valence-electron chi connectivity index (χ3n) is 2.50. The normalized spacial score (nSPS) is 19.4. The van der Waals surface area contributed by atoms with Crippen molar-refractivity contribution in [3.63, 3.8) is 0 Å². The SMILES string of the molecule is C=CC(=O)NC1CCc2nc(C)nn2C1. The molecule has 80 valence electrons. The van der Waals surface area contributed by atoms with Crippen LogP contribution in [-0.2, 0) is 17.8 Å². The van der Waals surface area contributed by atoms with Gasteiger partial charge in [0, 0.05) is 12.5 Å². The third-order valence-corrected chi connectivity index (χ3v) is 2.50. The minimum atomic E-state index is -0.125. The van der Waals surface area contributed by atoms with Gasteiger partial charge in [-0.2, -0.15) is 5.10 Å². The lowest BCUT2D eigenvalue weighted by Crippen LogP contribution is -2.40. The molecule has 1 aliphatic heterocycles. The predicted octanol–water partition coefficient (Wildman–Crippen LogP) is 0.204. The van der Waals surface area contributed by atoms with E-state index in [1.807, 2.05) is 11.6 Å². The van der Waals surface area contributed by atoms with E-state index < -0.39 is 0 Å². The molecule has 1 aliphatic rings. The molecule has 0 saturated heterocycles. The first-order chi connectivity index (χ1) is 7.19. The second-order valence-electron chi connectivity index (χ2n) is 3.71. The third kappa shape index (κ3) is 2.06. The number of nitrogens with zero attached hydrogens (tertiary/aromatic N) is 3. The zero-order valence-corrected chi connectivity index (χ0v) is 8.73. The maximum Gasteiger partial charge on any atom is 0.243 e. The van der Waals surface area contributed by atoms with Crippen molar-refractivity contribution < 1.29 is 4.79 Å². The van der Waals surface area contributed by atoms with E-state index in [9.17, 15) is 4.79 Å². The van der Waals surface area contributed by atoms with Gasteiger partial charge in [-0.25, -0.2) is 9.67 Å². The Hall–Kier alpha value is -1.65. The number of carbonyl (C=O) groups excluding carboxylic acids is 1. The lowest BCUT2D eigenvalue weighted by molar-refractivity contribution is -0.117. The number of fused-ring (bicyclic) bond motifs is 1. The quantitative estimate of drug-likeness (QED) is 0.703. The fourth-order valence-corrected chi connectivity index (χ4v) is 1.81. The Kier molecular flexibility index (Phi) is 2.53. The maximum atomic E-state index is 11.1. The Morgan fingerprint density at radius 2 is 2.53 bits per heavy atom. The van der Waals surface area contributed by atoms with Gasteiger partial charge in [0.2, 0.25) is 5.91 Å². The molecule has 0 spiro atoms.